The van der Waals surface area contributed by atoms with E-state index in [-0.39, 0.29) is 18.5 Å². The molecule has 21 heavy (non-hydrogen) atoms. The summed E-state index contributed by atoms with van der Waals surface area (Å²) >= 11 is 0. The van der Waals surface area contributed by atoms with Crippen molar-refractivity contribution in [1.29, 1.82) is 0 Å². The Morgan fingerprint density at radius 2 is 1.90 bits per heavy atom. The largest absolute Gasteiger partial charge is 0.481 e. The van der Waals surface area contributed by atoms with Gasteiger partial charge in [-0.1, -0.05) is 50.6 Å². The van der Waals surface area contributed by atoms with Crippen molar-refractivity contribution < 1.29 is 14.7 Å². The Kier molecular flexibility index (Phi) is 7.29. The standard InChI is InChI=1S/C16H24N2O3/c1-3-12(2)11-17-16(21)18-14(9-10-15(19)20)13-7-5-4-6-8-13/h4-8,12,14H,3,9-11H2,1-2H3,(H,19,20)(H2,17,18,21). The molecule has 0 saturated carbocycles. The lowest BCUT2D eigenvalue weighted by Crippen LogP contribution is -2.40. The van der Waals surface area contributed by atoms with Crippen LogP contribution in [0.3, 0.4) is 0 Å². The van der Waals surface area contributed by atoms with Crippen LogP contribution < -0.4 is 10.6 Å². The second-order valence-corrected chi connectivity index (χ2v) is 5.26. The molecular formula is C16H24N2O3. The smallest absolute Gasteiger partial charge is 0.315 e. The number of amides is 2. The SMILES string of the molecule is CCC(C)CNC(=O)NC(CCC(=O)O)c1ccccc1. The van der Waals surface area contributed by atoms with E-state index in [1.54, 1.807) is 0 Å². The molecule has 0 aromatic heterocycles. The lowest BCUT2D eigenvalue weighted by atomic mass is 10.0. The van der Waals surface area contributed by atoms with Crippen LogP contribution in [0, 0.1) is 5.92 Å². The third-order valence-electron chi connectivity index (χ3n) is 3.46. The molecule has 3 N–H and O–H groups in total. The summed E-state index contributed by atoms with van der Waals surface area (Å²) in [6.07, 6.45) is 1.39. The lowest BCUT2D eigenvalue weighted by Gasteiger charge is -2.19. The maximum absolute atomic E-state index is 11.9. The highest BCUT2D eigenvalue weighted by molar-refractivity contribution is 5.74. The minimum absolute atomic E-state index is 0.0191. The van der Waals surface area contributed by atoms with Gasteiger partial charge in [0.25, 0.3) is 0 Å². The maximum atomic E-state index is 11.9. The Morgan fingerprint density at radius 3 is 2.48 bits per heavy atom. The van der Waals surface area contributed by atoms with Crippen LogP contribution in [0.1, 0.15) is 44.7 Å². The van der Waals surface area contributed by atoms with Crippen LogP contribution in [0.25, 0.3) is 0 Å². The van der Waals surface area contributed by atoms with Crippen molar-refractivity contribution in [1.82, 2.24) is 10.6 Å². The zero-order valence-electron chi connectivity index (χ0n) is 12.6. The number of carbonyl (C=O) groups is 2. The molecule has 5 heteroatoms. The molecule has 1 rings (SSSR count). The Hall–Kier alpha value is -2.04. The summed E-state index contributed by atoms with van der Waals surface area (Å²) in [6.45, 7) is 4.76. The van der Waals surface area contributed by atoms with Gasteiger partial charge in [0, 0.05) is 13.0 Å². The molecule has 1 aromatic rings. The Bertz CT molecular complexity index is 448. The first-order chi connectivity index (χ1) is 10.0. The van der Waals surface area contributed by atoms with E-state index >= 15 is 0 Å². The molecule has 116 valence electrons. The number of carboxylic acids is 1. The van der Waals surface area contributed by atoms with Crippen molar-refractivity contribution in [2.75, 3.05) is 6.54 Å². The average molecular weight is 292 g/mol. The molecule has 2 atom stereocenters. The molecule has 0 fully saturated rings. The highest BCUT2D eigenvalue weighted by atomic mass is 16.4. The van der Waals surface area contributed by atoms with Crippen LogP contribution in [0.4, 0.5) is 4.79 Å². The van der Waals surface area contributed by atoms with Crippen molar-refractivity contribution >= 4 is 12.0 Å². The fourth-order valence-electron chi connectivity index (χ4n) is 1.90. The van der Waals surface area contributed by atoms with Gasteiger partial charge in [0.05, 0.1) is 6.04 Å². The topological polar surface area (TPSA) is 78.4 Å². The van der Waals surface area contributed by atoms with E-state index in [1.807, 2.05) is 30.3 Å². The minimum atomic E-state index is -0.863. The summed E-state index contributed by atoms with van der Waals surface area (Å²) in [5, 5.41) is 14.5. The molecule has 0 aliphatic rings. The summed E-state index contributed by atoms with van der Waals surface area (Å²) in [5.74, 6) is -0.442. The van der Waals surface area contributed by atoms with Crippen LogP contribution in [-0.4, -0.2) is 23.7 Å². The molecule has 2 amide bonds. The number of carboxylic acid groups (broad SMARTS) is 1. The van der Waals surface area contributed by atoms with Gasteiger partial charge in [-0.05, 0) is 17.9 Å². The molecule has 1 aromatic carbocycles. The van der Waals surface area contributed by atoms with Crippen LogP contribution in [0.5, 0.6) is 0 Å². The monoisotopic (exact) mass is 292 g/mol. The summed E-state index contributed by atoms with van der Waals surface area (Å²) in [5.41, 5.74) is 0.914. The second-order valence-electron chi connectivity index (χ2n) is 5.26. The van der Waals surface area contributed by atoms with Gasteiger partial charge in [-0.15, -0.1) is 0 Å². The van der Waals surface area contributed by atoms with Crippen LogP contribution in [0.15, 0.2) is 30.3 Å². The van der Waals surface area contributed by atoms with E-state index < -0.39 is 5.97 Å². The summed E-state index contributed by atoms with van der Waals surface area (Å²) < 4.78 is 0. The number of hydrogen-bond donors (Lipinski definition) is 3. The molecule has 0 aliphatic carbocycles. The van der Waals surface area contributed by atoms with Crippen molar-refractivity contribution in [2.45, 2.75) is 39.2 Å². The highest BCUT2D eigenvalue weighted by Crippen LogP contribution is 2.18. The van der Waals surface area contributed by atoms with Gasteiger partial charge < -0.3 is 15.7 Å². The predicted molar refractivity (Wildman–Crippen MR) is 82.0 cm³/mol. The summed E-state index contributed by atoms with van der Waals surface area (Å²) in [7, 11) is 0. The molecule has 0 saturated heterocycles. The first-order valence-corrected chi connectivity index (χ1v) is 7.34. The molecule has 5 nitrogen and oxygen atoms in total. The first-order valence-electron chi connectivity index (χ1n) is 7.34. The Labute approximate surface area is 125 Å². The third kappa shape index (κ3) is 6.79. The summed E-state index contributed by atoms with van der Waals surface area (Å²) in [6, 6.07) is 8.88. The Balaban J connectivity index is 2.60. The zero-order chi connectivity index (χ0) is 15.7. The van der Waals surface area contributed by atoms with Crippen LogP contribution in [0.2, 0.25) is 0 Å². The highest BCUT2D eigenvalue weighted by Gasteiger charge is 2.16. The number of nitrogens with one attached hydrogen (secondary N) is 2. The van der Waals surface area contributed by atoms with Crippen molar-refractivity contribution in [3.05, 3.63) is 35.9 Å². The zero-order valence-corrected chi connectivity index (χ0v) is 12.6. The molecule has 0 heterocycles. The van der Waals surface area contributed by atoms with Crippen molar-refractivity contribution in [3.63, 3.8) is 0 Å². The third-order valence-corrected chi connectivity index (χ3v) is 3.46. The lowest BCUT2D eigenvalue weighted by molar-refractivity contribution is -0.137. The fraction of sp³-hybridized carbons (Fsp3) is 0.500. The number of carbonyl (C=O) groups excluding carboxylic acids is 1. The number of benzene rings is 1. The molecule has 0 spiro atoms. The van der Waals surface area contributed by atoms with Gasteiger partial charge in [-0.3, -0.25) is 4.79 Å². The molecule has 0 aliphatic heterocycles. The van der Waals surface area contributed by atoms with Crippen LogP contribution in [-0.2, 0) is 4.79 Å². The van der Waals surface area contributed by atoms with E-state index in [0.717, 1.165) is 12.0 Å². The van der Waals surface area contributed by atoms with Gasteiger partial charge in [0.15, 0.2) is 0 Å². The van der Waals surface area contributed by atoms with Crippen molar-refractivity contribution in [3.8, 4) is 0 Å². The number of hydrogen-bond acceptors (Lipinski definition) is 2. The fourth-order valence-corrected chi connectivity index (χ4v) is 1.90. The predicted octanol–water partition coefficient (Wildman–Crippen LogP) is 2.94. The first kappa shape index (κ1) is 17.0. The molecule has 2 unspecified atom stereocenters. The van der Waals surface area contributed by atoms with E-state index in [9.17, 15) is 9.59 Å². The minimum Gasteiger partial charge on any atom is -0.481 e. The quantitative estimate of drug-likeness (QED) is 0.689. The number of rotatable bonds is 8. The Morgan fingerprint density at radius 1 is 1.24 bits per heavy atom. The van der Waals surface area contributed by atoms with Crippen LogP contribution >= 0.6 is 0 Å². The van der Waals surface area contributed by atoms with E-state index in [2.05, 4.69) is 24.5 Å². The molecule has 0 radical (unpaired) electrons. The van der Waals surface area contributed by atoms with Gasteiger partial charge in [-0.2, -0.15) is 0 Å². The van der Waals surface area contributed by atoms with Gasteiger partial charge in [0.2, 0.25) is 0 Å². The van der Waals surface area contributed by atoms with Crippen molar-refractivity contribution in [2.24, 2.45) is 5.92 Å². The number of urea groups is 1. The number of aliphatic carboxylic acids is 1. The van der Waals surface area contributed by atoms with Gasteiger partial charge in [0.1, 0.15) is 0 Å². The second kappa shape index (κ2) is 9.00. The maximum Gasteiger partial charge on any atom is 0.315 e. The average Bonchev–Trinajstić information content (AvgIpc) is 2.49. The summed E-state index contributed by atoms with van der Waals surface area (Å²) in [4.78, 5) is 22.7. The van der Waals surface area contributed by atoms with Gasteiger partial charge in [-0.25, -0.2) is 4.79 Å². The van der Waals surface area contributed by atoms with E-state index in [4.69, 9.17) is 5.11 Å². The molecule has 0 bridgehead atoms. The molecular weight excluding hydrogens is 268 g/mol. The normalized spacial score (nSPS) is 13.2. The van der Waals surface area contributed by atoms with E-state index in [1.165, 1.54) is 0 Å². The van der Waals surface area contributed by atoms with E-state index in [0.29, 0.717) is 18.9 Å². The van der Waals surface area contributed by atoms with Gasteiger partial charge >= 0.3 is 12.0 Å².